The molecular weight excluding hydrogens is 382 g/mol. The number of hydrogen-bond donors (Lipinski definition) is 0. The molecule has 0 aromatic heterocycles. The number of sulfone groups is 1. The third-order valence-corrected chi connectivity index (χ3v) is 5.38. The maximum Gasteiger partial charge on any atom is 0.270 e. The molecule has 0 saturated heterocycles. The van der Waals surface area contributed by atoms with E-state index in [1.54, 1.807) is 0 Å². The van der Waals surface area contributed by atoms with Gasteiger partial charge in [0.15, 0.2) is 0 Å². The van der Waals surface area contributed by atoms with Crippen LogP contribution in [-0.2, 0) is 14.6 Å². The summed E-state index contributed by atoms with van der Waals surface area (Å²) in [5, 5.41) is 11.3. The first-order valence-electron chi connectivity index (χ1n) is 8.63. The van der Waals surface area contributed by atoms with Crippen molar-refractivity contribution in [2.75, 3.05) is 30.0 Å². The van der Waals surface area contributed by atoms with Gasteiger partial charge in [-0.2, -0.15) is 0 Å². The van der Waals surface area contributed by atoms with Gasteiger partial charge in [-0.25, -0.2) is 8.42 Å². The predicted octanol–water partition coefficient (Wildman–Crippen LogP) is 2.21. The molecule has 0 saturated carbocycles. The van der Waals surface area contributed by atoms with Crippen LogP contribution in [0, 0.1) is 10.1 Å². The Morgan fingerprint density at radius 3 is 2.54 bits per heavy atom. The Labute approximate surface area is 162 Å². The van der Waals surface area contributed by atoms with Gasteiger partial charge in [-0.3, -0.25) is 19.9 Å². The van der Waals surface area contributed by atoms with Crippen molar-refractivity contribution in [3.8, 4) is 0 Å². The highest BCUT2D eigenvalue weighted by atomic mass is 32.2. The maximum atomic E-state index is 12.7. The van der Waals surface area contributed by atoms with Crippen molar-refractivity contribution in [3.05, 3.63) is 69.8 Å². The second-order valence-electron chi connectivity index (χ2n) is 6.52. The number of nitrogens with zero attached hydrogens (tertiary/aromatic N) is 3. The number of carbonyl (C=O) groups excluding carboxylic acids is 1. The second-order valence-corrected chi connectivity index (χ2v) is 8.78. The number of benzene rings is 2. The predicted molar refractivity (Wildman–Crippen MR) is 107 cm³/mol. The fourth-order valence-electron chi connectivity index (χ4n) is 3.09. The standard InChI is InChI=1S/C19H19N3O5S/c1-28(26,27)11-5-10-21-17-9-8-15(22(24)25)12-16(17)19(20-13-18(21)23)14-6-3-2-4-7-14/h2-4,6-9,12H,5,10-11,13H2,1H3. The van der Waals surface area contributed by atoms with Crippen molar-refractivity contribution in [2.45, 2.75) is 6.42 Å². The zero-order chi connectivity index (χ0) is 20.3. The van der Waals surface area contributed by atoms with Gasteiger partial charge in [0, 0.05) is 36.1 Å². The Hall–Kier alpha value is -3.07. The van der Waals surface area contributed by atoms with Crippen molar-refractivity contribution in [1.29, 1.82) is 0 Å². The maximum absolute atomic E-state index is 12.7. The number of rotatable bonds is 6. The Kier molecular flexibility index (Phi) is 5.55. The molecule has 0 atom stereocenters. The van der Waals surface area contributed by atoms with E-state index in [1.165, 1.54) is 23.1 Å². The molecule has 8 nitrogen and oxygen atoms in total. The third-order valence-electron chi connectivity index (χ3n) is 4.35. The summed E-state index contributed by atoms with van der Waals surface area (Å²) in [4.78, 5) is 29.3. The lowest BCUT2D eigenvalue weighted by Crippen LogP contribution is -2.34. The number of anilines is 1. The number of non-ortho nitro benzene ring substituents is 1. The van der Waals surface area contributed by atoms with Gasteiger partial charge < -0.3 is 4.90 Å². The Morgan fingerprint density at radius 1 is 1.18 bits per heavy atom. The van der Waals surface area contributed by atoms with Crippen molar-refractivity contribution >= 4 is 32.8 Å². The van der Waals surface area contributed by atoms with Crippen LogP contribution in [0.25, 0.3) is 0 Å². The van der Waals surface area contributed by atoms with Crippen molar-refractivity contribution in [3.63, 3.8) is 0 Å². The van der Waals surface area contributed by atoms with Gasteiger partial charge in [0.25, 0.3) is 5.69 Å². The molecule has 0 N–H and O–H groups in total. The van der Waals surface area contributed by atoms with Gasteiger partial charge in [0.1, 0.15) is 16.4 Å². The average Bonchev–Trinajstić information content (AvgIpc) is 2.78. The zero-order valence-corrected chi connectivity index (χ0v) is 16.1. The van der Waals surface area contributed by atoms with Gasteiger partial charge in [-0.15, -0.1) is 0 Å². The molecular formula is C19H19N3O5S. The van der Waals surface area contributed by atoms with Crippen LogP contribution < -0.4 is 4.90 Å². The van der Waals surface area contributed by atoms with Crippen LogP contribution in [0.15, 0.2) is 53.5 Å². The fourth-order valence-corrected chi connectivity index (χ4v) is 3.74. The molecule has 0 bridgehead atoms. The first-order valence-corrected chi connectivity index (χ1v) is 10.7. The molecule has 0 aliphatic carbocycles. The van der Waals surface area contributed by atoms with Crippen LogP contribution in [0.3, 0.4) is 0 Å². The minimum absolute atomic E-state index is 0.0501. The largest absolute Gasteiger partial charge is 0.310 e. The smallest absolute Gasteiger partial charge is 0.270 e. The van der Waals surface area contributed by atoms with E-state index in [0.717, 1.165) is 11.8 Å². The van der Waals surface area contributed by atoms with Crippen molar-refractivity contribution in [2.24, 2.45) is 4.99 Å². The zero-order valence-electron chi connectivity index (χ0n) is 15.2. The average molecular weight is 401 g/mol. The molecule has 1 amide bonds. The number of nitro benzene ring substituents is 1. The molecule has 3 rings (SSSR count). The lowest BCUT2D eigenvalue weighted by molar-refractivity contribution is -0.384. The van der Waals surface area contributed by atoms with Crippen LogP contribution in [0.2, 0.25) is 0 Å². The molecule has 2 aromatic rings. The van der Waals surface area contributed by atoms with E-state index in [0.29, 0.717) is 17.0 Å². The molecule has 0 unspecified atom stereocenters. The van der Waals surface area contributed by atoms with E-state index in [2.05, 4.69) is 4.99 Å². The number of hydrogen-bond acceptors (Lipinski definition) is 6. The highest BCUT2D eigenvalue weighted by Crippen LogP contribution is 2.30. The highest BCUT2D eigenvalue weighted by Gasteiger charge is 2.27. The van der Waals surface area contributed by atoms with Crippen LogP contribution in [0.1, 0.15) is 17.5 Å². The summed E-state index contributed by atoms with van der Waals surface area (Å²) < 4.78 is 22.8. The van der Waals surface area contributed by atoms with E-state index in [4.69, 9.17) is 0 Å². The van der Waals surface area contributed by atoms with Gasteiger partial charge in [0.2, 0.25) is 5.91 Å². The summed E-state index contributed by atoms with van der Waals surface area (Å²) >= 11 is 0. The Bertz CT molecular complexity index is 1050. The summed E-state index contributed by atoms with van der Waals surface area (Å²) in [6.45, 7) is 0.0693. The van der Waals surface area contributed by atoms with Crippen molar-refractivity contribution < 1.29 is 18.1 Å². The summed E-state index contributed by atoms with van der Waals surface area (Å²) in [5.41, 5.74) is 2.11. The Morgan fingerprint density at radius 2 is 1.89 bits per heavy atom. The molecule has 0 spiro atoms. The first-order chi connectivity index (χ1) is 13.3. The molecule has 146 valence electrons. The lowest BCUT2D eigenvalue weighted by atomic mass is 9.99. The summed E-state index contributed by atoms with van der Waals surface area (Å²) in [6.07, 6.45) is 1.41. The first kappa shape index (κ1) is 19.7. The molecule has 28 heavy (non-hydrogen) atoms. The van der Waals surface area contributed by atoms with E-state index in [-0.39, 0.29) is 36.9 Å². The normalized spacial score (nSPS) is 14.2. The summed E-state index contributed by atoms with van der Waals surface area (Å²) in [6, 6.07) is 13.4. The summed E-state index contributed by atoms with van der Waals surface area (Å²) in [7, 11) is -3.16. The van der Waals surface area contributed by atoms with Crippen LogP contribution in [0.4, 0.5) is 11.4 Å². The van der Waals surface area contributed by atoms with E-state index < -0.39 is 14.8 Å². The SMILES string of the molecule is CS(=O)(=O)CCCN1C(=O)CN=C(c2ccccc2)c2cc([N+](=O)[O-])ccc21. The minimum Gasteiger partial charge on any atom is -0.310 e. The van der Waals surface area contributed by atoms with E-state index >= 15 is 0 Å². The van der Waals surface area contributed by atoms with E-state index in [1.807, 2.05) is 30.3 Å². The molecule has 0 fully saturated rings. The van der Waals surface area contributed by atoms with Gasteiger partial charge in [-0.05, 0) is 12.5 Å². The van der Waals surface area contributed by atoms with Gasteiger partial charge in [0.05, 0.1) is 22.1 Å². The van der Waals surface area contributed by atoms with Crippen molar-refractivity contribution in [1.82, 2.24) is 0 Å². The van der Waals surface area contributed by atoms with Gasteiger partial charge >= 0.3 is 0 Å². The second kappa shape index (κ2) is 7.89. The molecule has 9 heteroatoms. The van der Waals surface area contributed by atoms with Crippen LogP contribution >= 0.6 is 0 Å². The van der Waals surface area contributed by atoms with Gasteiger partial charge in [-0.1, -0.05) is 30.3 Å². The quantitative estimate of drug-likeness (QED) is 0.544. The molecule has 1 aliphatic rings. The van der Waals surface area contributed by atoms with Crippen LogP contribution in [0.5, 0.6) is 0 Å². The molecule has 1 heterocycles. The number of fused-ring (bicyclic) bond motifs is 1. The molecule has 0 radical (unpaired) electrons. The summed E-state index contributed by atoms with van der Waals surface area (Å²) in [5.74, 6) is -0.333. The number of nitro groups is 1. The third kappa shape index (κ3) is 4.42. The van der Waals surface area contributed by atoms with Crippen LogP contribution in [-0.4, -0.2) is 50.1 Å². The number of aliphatic imine (C=N–C) groups is 1. The minimum atomic E-state index is -3.16. The number of amides is 1. The molecule has 2 aromatic carbocycles. The topological polar surface area (TPSA) is 110 Å². The lowest BCUT2D eigenvalue weighted by Gasteiger charge is -2.23. The monoisotopic (exact) mass is 401 g/mol. The molecule has 1 aliphatic heterocycles. The number of carbonyl (C=O) groups is 1. The fraction of sp³-hybridized carbons (Fsp3) is 0.263. The highest BCUT2D eigenvalue weighted by molar-refractivity contribution is 7.90. The Balaban J connectivity index is 2.07. The van der Waals surface area contributed by atoms with E-state index in [9.17, 15) is 23.3 Å². The number of benzodiazepines with no additional fused rings is 1.